The van der Waals surface area contributed by atoms with Crippen LogP contribution in [-0.2, 0) is 11.3 Å². The number of ether oxygens (including phenoxy) is 1. The van der Waals surface area contributed by atoms with E-state index < -0.39 is 0 Å². The molecule has 1 atom stereocenters. The van der Waals surface area contributed by atoms with Crippen molar-refractivity contribution in [2.24, 2.45) is 0 Å². The number of rotatable bonds is 5. The van der Waals surface area contributed by atoms with E-state index >= 15 is 0 Å². The highest BCUT2D eigenvalue weighted by Gasteiger charge is 2.21. The van der Waals surface area contributed by atoms with Crippen LogP contribution in [0.2, 0.25) is 0 Å². The lowest BCUT2D eigenvalue weighted by Gasteiger charge is -2.27. The number of furan rings is 1. The smallest absolute Gasteiger partial charge is 0.169 e. The van der Waals surface area contributed by atoms with Crippen molar-refractivity contribution in [2.45, 2.75) is 32.4 Å². The van der Waals surface area contributed by atoms with Gasteiger partial charge in [-0.15, -0.1) is 0 Å². The third-order valence-electron chi connectivity index (χ3n) is 2.99. The Morgan fingerprint density at radius 1 is 1.61 bits per heavy atom. The quantitative estimate of drug-likeness (QED) is 0.828. The van der Waals surface area contributed by atoms with E-state index in [-0.39, 0.29) is 6.10 Å². The second kappa shape index (κ2) is 6.75. The topological polar surface area (TPSA) is 37.6 Å². The first-order valence-electron chi connectivity index (χ1n) is 6.46. The van der Waals surface area contributed by atoms with E-state index in [0.717, 1.165) is 43.4 Å². The van der Waals surface area contributed by atoms with E-state index in [9.17, 15) is 0 Å². The lowest BCUT2D eigenvalue weighted by atomic mass is 10.2. The van der Waals surface area contributed by atoms with Gasteiger partial charge in [0.2, 0.25) is 0 Å². The van der Waals surface area contributed by atoms with Crippen molar-refractivity contribution in [3.05, 3.63) is 24.2 Å². The molecule has 1 aromatic heterocycles. The molecule has 5 heteroatoms. The van der Waals surface area contributed by atoms with Crippen molar-refractivity contribution in [1.29, 1.82) is 0 Å². The SMILES string of the molecule is CCNC(=S)N(Cc1ccco1)CC1CCCO1. The molecule has 0 amide bonds. The summed E-state index contributed by atoms with van der Waals surface area (Å²) < 4.78 is 11.1. The summed E-state index contributed by atoms with van der Waals surface area (Å²) in [5, 5.41) is 3.96. The molecular weight excluding hydrogens is 248 g/mol. The molecule has 0 saturated carbocycles. The summed E-state index contributed by atoms with van der Waals surface area (Å²) in [5.74, 6) is 0.924. The molecule has 1 aliphatic rings. The minimum Gasteiger partial charge on any atom is -0.467 e. The van der Waals surface area contributed by atoms with E-state index in [1.807, 2.05) is 19.1 Å². The van der Waals surface area contributed by atoms with Gasteiger partial charge in [0.05, 0.1) is 18.9 Å². The van der Waals surface area contributed by atoms with Crippen molar-refractivity contribution in [2.75, 3.05) is 19.7 Å². The van der Waals surface area contributed by atoms with Gasteiger partial charge in [-0.1, -0.05) is 0 Å². The fourth-order valence-electron chi connectivity index (χ4n) is 2.11. The van der Waals surface area contributed by atoms with Gasteiger partial charge >= 0.3 is 0 Å². The second-order valence-electron chi connectivity index (χ2n) is 4.43. The predicted molar refractivity (Wildman–Crippen MR) is 74.4 cm³/mol. The van der Waals surface area contributed by atoms with Gasteiger partial charge < -0.3 is 19.4 Å². The summed E-state index contributed by atoms with van der Waals surface area (Å²) in [4.78, 5) is 2.12. The summed E-state index contributed by atoms with van der Waals surface area (Å²) >= 11 is 5.40. The van der Waals surface area contributed by atoms with E-state index in [1.165, 1.54) is 0 Å². The average molecular weight is 268 g/mol. The minimum absolute atomic E-state index is 0.288. The Bertz CT molecular complexity index is 361. The maximum atomic E-state index is 5.67. The molecule has 2 rings (SSSR count). The molecule has 0 spiro atoms. The van der Waals surface area contributed by atoms with Crippen LogP contribution in [0.3, 0.4) is 0 Å². The van der Waals surface area contributed by atoms with Crippen molar-refractivity contribution in [3.63, 3.8) is 0 Å². The van der Waals surface area contributed by atoms with Crippen LogP contribution in [-0.4, -0.2) is 35.8 Å². The number of nitrogens with zero attached hydrogens (tertiary/aromatic N) is 1. The van der Waals surface area contributed by atoms with Crippen molar-refractivity contribution < 1.29 is 9.15 Å². The van der Waals surface area contributed by atoms with Crippen LogP contribution < -0.4 is 5.32 Å². The third kappa shape index (κ3) is 3.71. The van der Waals surface area contributed by atoms with Gasteiger partial charge in [0.1, 0.15) is 5.76 Å². The van der Waals surface area contributed by atoms with Crippen molar-refractivity contribution in [1.82, 2.24) is 10.2 Å². The molecule has 2 heterocycles. The zero-order chi connectivity index (χ0) is 12.8. The molecule has 1 aliphatic heterocycles. The normalized spacial score (nSPS) is 18.8. The molecule has 0 aliphatic carbocycles. The molecule has 1 N–H and O–H groups in total. The van der Waals surface area contributed by atoms with E-state index in [0.29, 0.717) is 6.54 Å². The first kappa shape index (κ1) is 13.4. The fraction of sp³-hybridized carbons (Fsp3) is 0.615. The minimum atomic E-state index is 0.288. The second-order valence-corrected chi connectivity index (χ2v) is 4.82. The standard InChI is InChI=1S/C13H20N2O2S/c1-2-14-13(18)15(9-11-5-3-7-16-11)10-12-6-4-8-17-12/h3,5,7,12H,2,4,6,8-10H2,1H3,(H,14,18). The molecule has 18 heavy (non-hydrogen) atoms. The van der Waals surface area contributed by atoms with Crippen molar-refractivity contribution >= 4 is 17.3 Å². The fourth-order valence-corrected chi connectivity index (χ4v) is 2.39. The van der Waals surface area contributed by atoms with Gasteiger partial charge in [-0.3, -0.25) is 0 Å². The van der Waals surface area contributed by atoms with E-state index in [1.54, 1.807) is 6.26 Å². The highest BCUT2D eigenvalue weighted by atomic mass is 32.1. The molecule has 0 aromatic carbocycles. The largest absolute Gasteiger partial charge is 0.467 e. The predicted octanol–water partition coefficient (Wildman–Crippen LogP) is 2.16. The van der Waals surface area contributed by atoms with Crippen LogP contribution in [0, 0.1) is 0 Å². The first-order valence-corrected chi connectivity index (χ1v) is 6.87. The maximum Gasteiger partial charge on any atom is 0.169 e. The van der Waals surface area contributed by atoms with Gasteiger partial charge in [-0.05, 0) is 44.1 Å². The third-order valence-corrected chi connectivity index (χ3v) is 3.39. The van der Waals surface area contributed by atoms with Gasteiger partial charge in [0, 0.05) is 19.7 Å². The number of hydrogen-bond acceptors (Lipinski definition) is 3. The molecule has 1 unspecified atom stereocenters. The number of hydrogen-bond donors (Lipinski definition) is 1. The van der Waals surface area contributed by atoms with E-state index in [4.69, 9.17) is 21.4 Å². The molecular formula is C13H20N2O2S. The highest BCUT2D eigenvalue weighted by Crippen LogP contribution is 2.15. The van der Waals surface area contributed by atoms with E-state index in [2.05, 4.69) is 10.2 Å². The zero-order valence-corrected chi connectivity index (χ0v) is 11.5. The van der Waals surface area contributed by atoms with Crippen LogP contribution in [0.25, 0.3) is 0 Å². The zero-order valence-electron chi connectivity index (χ0n) is 10.7. The van der Waals surface area contributed by atoms with Gasteiger partial charge in [-0.2, -0.15) is 0 Å². The van der Waals surface area contributed by atoms with Crippen LogP contribution in [0.5, 0.6) is 0 Å². The maximum absolute atomic E-state index is 5.67. The van der Waals surface area contributed by atoms with Gasteiger partial charge in [0.25, 0.3) is 0 Å². The summed E-state index contributed by atoms with van der Waals surface area (Å²) in [5.41, 5.74) is 0. The Kier molecular flexibility index (Phi) is 5.01. The summed E-state index contributed by atoms with van der Waals surface area (Å²) in [7, 11) is 0. The van der Waals surface area contributed by atoms with Crippen LogP contribution in [0.4, 0.5) is 0 Å². The van der Waals surface area contributed by atoms with Crippen LogP contribution in [0.1, 0.15) is 25.5 Å². The molecule has 1 saturated heterocycles. The molecule has 0 radical (unpaired) electrons. The highest BCUT2D eigenvalue weighted by molar-refractivity contribution is 7.80. The van der Waals surface area contributed by atoms with Crippen molar-refractivity contribution in [3.8, 4) is 0 Å². The summed E-state index contributed by atoms with van der Waals surface area (Å²) in [6, 6.07) is 3.87. The summed E-state index contributed by atoms with van der Waals surface area (Å²) in [6.07, 6.45) is 4.24. The summed E-state index contributed by atoms with van der Waals surface area (Å²) in [6.45, 7) is 5.26. The molecule has 1 aromatic rings. The number of thiocarbonyl (C=S) groups is 1. The average Bonchev–Trinajstić information content (AvgIpc) is 3.01. The molecule has 100 valence electrons. The Morgan fingerprint density at radius 2 is 2.50 bits per heavy atom. The lowest BCUT2D eigenvalue weighted by Crippen LogP contribution is -2.42. The molecule has 4 nitrogen and oxygen atoms in total. The first-order chi connectivity index (χ1) is 8.79. The van der Waals surface area contributed by atoms with Gasteiger partial charge in [-0.25, -0.2) is 0 Å². The molecule has 0 bridgehead atoms. The Balaban J connectivity index is 1.94. The Labute approximate surface area is 113 Å². The monoisotopic (exact) mass is 268 g/mol. The van der Waals surface area contributed by atoms with Gasteiger partial charge in [0.15, 0.2) is 5.11 Å². The lowest BCUT2D eigenvalue weighted by molar-refractivity contribution is 0.0884. The Morgan fingerprint density at radius 3 is 3.11 bits per heavy atom. The Hall–Kier alpha value is -1.07. The number of nitrogens with one attached hydrogen (secondary N) is 1. The van der Waals surface area contributed by atoms with Crippen LogP contribution in [0.15, 0.2) is 22.8 Å². The van der Waals surface area contributed by atoms with Crippen LogP contribution >= 0.6 is 12.2 Å². The molecule has 1 fully saturated rings.